The van der Waals surface area contributed by atoms with Crippen molar-refractivity contribution in [1.82, 2.24) is 20.5 Å². The predicted octanol–water partition coefficient (Wildman–Crippen LogP) is 1.92. The Morgan fingerprint density at radius 3 is 2.67 bits per heavy atom. The maximum absolute atomic E-state index is 4.53. The largest absolute Gasteiger partial charge is 0.356 e. The number of halogens is 1. The Hall–Kier alpha value is -1.09. The van der Waals surface area contributed by atoms with Gasteiger partial charge in [-0.05, 0) is 31.2 Å². The summed E-state index contributed by atoms with van der Waals surface area (Å²) in [6, 6.07) is 4.24. The maximum Gasteiger partial charge on any atom is 0.191 e. The average molecular weight is 446 g/mol. The summed E-state index contributed by atoms with van der Waals surface area (Å²) in [5, 5.41) is 6.70. The van der Waals surface area contributed by atoms with Gasteiger partial charge >= 0.3 is 0 Å². The molecule has 136 valence electrons. The number of unbranched alkanes of at least 4 members (excludes halogenated alkanes) is 1. The average Bonchev–Trinajstić information content (AvgIpc) is 2.59. The van der Waals surface area contributed by atoms with E-state index in [-0.39, 0.29) is 24.0 Å². The van der Waals surface area contributed by atoms with Crippen LogP contribution in [-0.2, 0) is 6.54 Å². The van der Waals surface area contributed by atoms with Gasteiger partial charge in [-0.15, -0.1) is 24.0 Å². The van der Waals surface area contributed by atoms with Crippen molar-refractivity contribution in [2.24, 2.45) is 4.99 Å². The molecule has 0 spiro atoms. The highest BCUT2D eigenvalue weighted by molar-refractivity contribution is 14.0. The van der Waals surface area contributed by atoms with Gasteiger partial charge in [0.2, 0.25) is 0 Å². The number of anilines is 1. The zero-order valence-electron chi connectivity index (χ0n) is 15.1. The lowest BCUT2D eigenvalue weighted by Crippen LogP contribution is -2.44. The van der Waals surface area contributed by atoms with Gasteiger partial charge in [-0.2, -0.15) is 0 Å². The van der Waals surface area contributed by atoms with Crippen molar-refractivity contribution >= 4 is 35.8 Å². The minimum absolute atomic E-state index is 0. The summed E-state index contributed by atoms with van der Waals surface area (Å²) in [7, 11) is 3.98. The van der Waals surface area contributed by atoms with E-state index in [1.165, 1.54) is 12.0 Å². The van der Waals surface area contributed by atoms with Crippen LogP contribution in [-0.4, -0.2) is 62.7 Å². The maximum atomic E-state index is 4.53. The van der Waals surface area contributed by atoms with Crippen molar-refractivity contribution in [2.75, 3.05) is 51.7 Å². The number of aromatic nitrogens is 1. The summed E-state index contributed by atoms with van der Waals surface area (Å²) >= 11 is 0. The van der Waals surface area contributed by atoms with E-state index < -0.39 is 0 Å². The lowest BCUT2D eigenvalue weighted by atomic mass is 10.2. The van der Waals surface area contributed by atoms with Crippen LogP contribution in [0.25, 0.3) is 0 Å². The molecule has 2 N–H and O–H groups in total. The van der Waals surface area contributed by atoms with Gasteiger partial charge in [-0.25, -0.2) is 4.98 Å². The van der Waals surface area contributed by atoms with Crippen LogP contribution in [0, 0.1) is 0 Å². The summed E-state index contributed by atoms with van der Waals surface area (Å²) < 4.78 is 0. The van der Waals surface area contributed by atoms with Gasteiger partial charge in [-0.1, -0.05) is 13.3 Å². The quantitative estimate of drug-likeness (QED) is 0.303. The minimum Gasteiger partial charge on any atom is -0.356 e. The number of nitrogens with one attached hydrogen (secondary N) is 2. The zero-order valence-corrected chi connectivity index (χ0v) is 17.4. The second-order valence-electron chi connectivity index (χ2n) is 6.02. The van der Waals surface area contributed by atoms with E-state index >= 15 is 0 Å². The van der Waals surface area contributed by atoms with Gasteiger partial charge in [0.15, 0.2) is 5.96 Å². The fraction of sp³-hybridized carbons (Fsp3) is 0.647. The van der Waals surface area contributed by atoms with Gasteiger partial charge in [0, 0.05) is 52.5 Å². The first-order valence-electron chi connectivity index (χ1n) is 8.56. The van der Waals surface area contributed by atoms with Gasteiger partial charge < -0.3 is 20.4 Å². The number of rotatable bonds is 6. The minimum atomic E-state index is 0. The number of nitrogens with zero attached hydrogens (tertiary/aromatic N) is 4. The molecule has 2 rings (SSSR count). The van der Waals surface area contributed by atoms with E-state index in [0.717, 1.165) is 57.5 Å². The first kappa shape index (κ1) is 21.0. The highest BCUT2D eigenvalue weighted by Crippen LogP contribution is 2.14. The summed E-state index contributed by atoms with van der Waals surface area (Å²) in [5.41, 5.74) is 1.23. The van der Waals surface area contributed by atoms with Crippen LogP contribution in [0.3, 0.4) is 0 Å². The number of piperazine rings is 1. The van der Waals surface area contributed by atoms with Crippen molar-refractivity contribution in [3.63, 3.8) is 0 Å². The number of likely N-dealkylation sites (N-methyl/N-ethyl adjacent to an activating group) is 1. The van der Waals surface area contributed by atoms with E-state index in [9.17, 15) is 0 Å². The van der Waals surface area contributed by atoms with E-state index in [2.05, 4.69) is 56.5 Å². The van der Waals surface area contributed by atoms with E-state index in [1.807, 2.05) is 13.2 Å². The highest BCUT2D eigenvalue weighted by atomic mass is 127. The molecule has 0 unspecified atom stereocenters. The van der Waals surface area contributed by atoms with Gasteiger partial charge in [0.25, 0.3) is 0 Å². The number of hydrogen-bond acceptors (Lipinski definition) is 4. The normalized spacial score (nSPS) is 15.8. The molecule has 0 amide bonds. The monoisotopic (exact) mass is 446 g/mol. The summed E-state index contributed by atoms with van der Waals surface area (Å²) in [6.07, 6.45) is 4.24. The lowest BCUT2D eigenvalue weighted by Gasteiger charge is -2.33. The van der Waals surface area contributed by atoms with Crippen molar-refractivity contribution in [1.29, 1.82) is 0 Å². The summed E-state index contributed by atoms with van der Waals surface area (Å²) in [5.74, 6) is 1.93. The Morgan fingerprint density at radius 2 is 2.00 bits per heavy atom. The van der Waals surface area contributed by atoms with Crippen LogP contribution >= 0.6 is 24.0 Å². The predicted molar refractivity (Wildman–Crippen MR) is 112 cm³/mol. The van der Waals surface area contributed by atoms with Crippen molar-refractivity contribution in [3.8, 4) is 0 Å². The topological polar surface area (TPSA) is 55.8 Å². The molecule has 24 heavy (non-hydrogen) atoms. The molecule has 1 saturated heterocycles. The fourth-order valence-corrected chi connectivity index (χ4v) is 2.57. The number of hydrogen-bond donors (Lipinski definition) is 2. The molecule has 0 atom stereocenters. The number of guanidine groups is 1. The molecule has 1 aliphatic heterocycles. The second-order valence-corrected chi connectivity index (χ2v) is 6.02. The summed E-state index contributed by atoms with van der Waals surface area (Å²) in [6.45, 7) is 8.18. The molecule has 1 aromatic heterocycles. The number of aliphatic imine (C=N–C) groups is 1. The van der Waals surface area contributed by atoms with E-state index in [4.69, 9.17) is 0 Å². The first-order chi connectivity index (χ1) is 11.2. The Balaban J connectivity index is 0.00000288. The van der Waals surface area contributed by atoms with Gasteiger partial charge in [-0.3, -0.25) is 4.99 Å². The van der Waals surface area contributed by atoms with Crippen molar-refractivity contribution in [3.05, 3.63) is 23.9 Å². The smallest absolute Gasteiger partial charge is 0.191 e. The molecular formula is C17H31IN6. The first-order valence-corrected chi connectivity index (χ1v) is 8.56. The molecule has 0 aromatic carbocycles. The Morgan fingerprint density at radius 1 is 1.25 bits per heavy atom. The molecule has 0 aliphatic carbocycles. The molecular weight excluding hydrogens is 415 g/mol. The standard InChI is InChI=1S/C17H30N6.HI/c1-4-5-7-20-17(18-2)21-14-15-6-8-19-16(13-15)23-11-9-22(3)10-12-23;/h6,8,13H,4-5,7,9-12,14H2,1-3H3,(H2,18,20,21);1H. The Labute approximate surface area is 163 Å². The molecule has 0 bridgehead atoms. The molecule has 1 fully saturated rings. The van der Waals surface area contributed by atoms with Crippen LogP contribution < -0.4 is 15.5 Å². The van der Waals surface area contributed by atoms with Crippen molar-refractivity contribution < 1.29 is 0 Å². The molecule has 7 heteroatoms. The van der Waals surface area contributed by atoms with Gasteiger partial charge in [0.05, 0.1) is 0 Å². The van der Waals surface area contributed by atoms with Crippen LogP contribution in [0.5, 0.6) is 0 Å². The molecule has 6 nitrogen and oxygen atoms in total. The van der Waals surface area contributed by atoms with Crippen LogP contribution in [0.1, 0.15) is 25.3 Å². The fourth-order valence-electron chi connectivity index (χ4n) is 2.57. The van der Waals surface area contributed by atoms with Crippen LogP contribution in [0.4, 0.5) is 5.82 Å². The van der Waals surface area contributed by atoms with Gasteiger partial charge in [0.1, 0.15) is 5.82 Å². The van der Waals surface area contributed by atoms with Crippen LogP contribution in [0.2, 0.25) is 0 Å². The Kier molecular flexibility index (Phi) is 10.0. The lowest BCUT2D eigenvalue weighted by molar-refractivity contribution is 0.312. The van der Waals surface area contributed by atoms with Crippen LogP contribution in [0.15, 0.2) is 23.3 Å². The van der Waals surface area contributed by atoms with E-state index in [0.29, 0.717) is 0 Å². The number of pyridine rings is 1. The zero-order chi connectivity index (χ0) is 16.5. The second kappa shape index (κ2) is 11.5. The third-order valence-corrected chi connectivity index (χ3v) is 4.14. The molecule has 1 aromatic rings. The van der Waals surface area contributed by atoms with Crippen molar-refractivity contribution in [2.45, 2.75) is 26.3 Å². The SMILES string of the molecule is CCCCNC(=NC)NCc1ccnc(N2CCN(C)CC2)c1.I. The third kappa shape index (κ3) is 6.80. The molecule has 1 aliphatic rings. The molecule has 0 saturated carbocycles. The Bertz CT molecular complexity index is 500. The molecule has 0 radical (unpaired) electrons. The third-order valence-electron chi connectivity index (χ3n) is 4.14. The van der Waals surface area contributed by atoms with E-state index in [1.54, 1.807) is 0 Å². The molecule has 2 heterocycles. The highest BCUT2D eigenvalue weighted by Gasteiger charge is 2.15. The summed E-state index contributed by atoms with van der Waals surface area (Å²) in [4.78, 5) is 13.5.